The lowest BCUT2D eigenvalue weighted by atomic mass is 9.53. The van der Waals surface area contributed by atoms with Crippen molar-refractivity contribution in [2.24, 2.45) is 5.92 Å². The van der Waals surface area contributed by atoms with Crippen molar-refractivity contribution in [3.05, 3.63) is 59.3 Å². The highest BCUT2D eigenvalue weighted by Crippen LogP contribution is 2.62. The van der Waals surface area contributed by atoms with E-state index >= 15 is 0 Å². The fraction of sp³-hybridized carbons (Fsp3) is 0.435. The molecule has 4 aliphatic rings. The number of aromatic nitrogens is 1. The standard InChI is InChI=1S/C23H21F3N2O3/c1-28-9-8-22-14-4-6-17(30-18-7-3-13(11-27-18)23(24,25)26)21(22)31-20-16(29)5-2-12(19(20)22)10-15(14)28/h2-7,11,14-15,17,21,29H,8-10H2,1H3/t14-,15+,17-,21-,22-/m0/s1. The summed E-state index contributed by atoms with van der Waals surface area (Å²) in [5.74, 6) is 0.965. The molecular formula is C23H21F3N2O3. The van der Waals surface area contributed by atoms with Gasteiger partial charge in [0, 0.05) is 35.2 Å². The molecule has 2 aliphatic carbocycles. The van der Waals surface area contributed by atoms with Crippen molar-refractivity contribution < 1.29 is 27.8 Å². The Kier molecular flexibility index (Phi) is 3.77. The van der Waals surface area contributed by atoms with Gasteiger partial charge >= 0.3 is 6.18 Å². The molecule has 2 aromatic rings. The fourth-order valence-electron chi connectivity index (χ4n) is 6.08. The Labute approximate surface area is 177 Å². The average Bonchev–Trinajstić information content (AvgIpc) is 3.09. The van der Waals surface area contributed by atoms with E-state index in [4.69, 9.17) is 9.47 Å². The predicted octanol–water partition coefficient (Wildman–Crippen LogP) is 3.70. The molecule has 3 heterocycles. The first-order chi connectivity index (χ1) is 14.8. The number of rotatable bonds is 2. The number of phenols is 1. The SMILES string of the molecule is CN1CC[C@]23c4c5ccc(O)c4O[C@H]2[C@@H](Oc2ccc(C(F)(F)F)cn2)C=C[C@H]3[C@H]1C5. The molecule has 1 saturated heterocycles. The zero-order valence-electron chi connectivity index (χ0n) is 16.8. The molecule has 31 heavy (non-hydrogen) atoms. The highest BCUT2D eigenvalue weighted by Gasteiger charge is 2.64. The second-order valence-corrected chi connectivity index (χ2v) is 8.90. The number of hydrogen-bond donors (Lipinski definition) is 1. The number of aromatic hydroxyl groups is 1. The zero-order chi connectivity index (χ0) is 21.5. The van der Waals surface area contributed by atoms with Crippen LogP contribution in [0.2, 0.25) is 0 Å². The number of ether oxygens (including phenoxy) is 2. The van der Waals surface area contributed by atoms with Crippen LogP contribution in [0, 0.1) is 5.92 Å². The third-order valence-electron chi connectivity index (χ3n) is 7.45. The first-order valence-corrected chi connectivity index (χ1v) is 10.4. The largest absolute Gasteiger partial charge is 0.504 e. The lowest BCUT2D eigenvalue weighted by molar-refractivity contribution is -0.137. The highest BCUT2D eigenvalue weighted by molar-refractivity contribution is 5.61. The summed E-state index contributed by atoms with van der Waals surface area (Å²) in [6.07, 6.45) is 1.26. The number of likely N-dealkylation sites (N-methyl/N-ethyl adjacent to an activating group) is 1. The number of piperidine rings is 1. The van der Waals surface area contributed by atoms with E-state index in [-0.39, 0.29) is 29.1 Å². The van der Waals surface area contributed by atoms with Crippen molar-refractivity contribution in [3.63, 3.8) is 0 Å². The van der Waals surface area contributed by atoms with E-state index in [2.05, 4.69) is 23.0 Å². The number of hydrogen-bond acceptors (Lipinski definition) is 5. The molecule has 0 unspecified atom stereocenters. The molecule has 0 radical (unpaired) electrons. The van der Waals surface area contributed by atoms with E-state index in [0.717, 1.165) is 37.2 Å². The van der Waals surface area contributed by atoms with Crippen LogP contribution in [0.5, 0.6) is 17.4 Å². The van der Waals surface area contributed by atoms with Gasteiger partial charge in [0.15, 0.2) is 17.6 Å². The molecule has 1 N–H and O–H groups in total. The van der Waals surface area contributed by atoms with E-state index in [1.54, 1.807) is 6.07 Å². The second kappa shape index (κ2) is 6.16. The lowest BCUT2D eigenvalue weighted by Gasteiger charge is -2.56. The minimum absolute atomic E-state index is 0.113. The smallest absolute Gasteiger partial charge is 0.417 e. The first kappa shape index (κ1) is 19.0. The Balaban J connectivity index is 1.41. The topological polar surface area (TPSA) is 54.8 Å². The van der Waals surface area contributed by atoms with Crippen LogP contribution in [0.4, 0.5) is 13.2 Å². The number of nitrogens with zero attached hydrogens (tertiary/aromatic N) is 2. The van der Waals surface area contributed by atoms with Gasteiger partial charge in [-0.3, -0.25) is 0 Å². The lowest BCUT2D eigenvalue weighted by Crippen LogP contribution is -2.65. The summed E-state index contributed by atoms with van der Waals surface area (Å²) in [5, 5.41) is 10.5. The molecule has 1 spiro atoms. The zero-order valence-corrected chi connectivity index (χ0v) is 16.8. The number of likely N-dealkylation sites (tertiary alicyclic amines) is 1. The van der Waals surface area contributed by atoms with Gasteiger partial charge in [0.2, 0.25) is 5.88 Å². The van der Waals surface area contributed by atoms with Gasteiger partial charge in [0.25, 0.3) is 0 Å². The van der Waals surface area contributed by atoms with E-state index in [1.165, 1.54) is 11.6 Å². The number of alkyl halides is 3. The predicted molar refractivity (Wildman–Crippen MR) is 105 cm³/mol. The summed E-state index contributed by atoms with van der Waals surface area (Å²) in [6, 6.07) is 6.19. The minimum atomic E-state index is -4.45. The summed E-state index contributed by atoms with van der Waals surface area (Å²) < 4.78 is 51.0. The quantitative estimate of drug-likeness (QED) is 0.737. The molecule has 5 nitrogen and oxygen atoms in total. The Morgan fingerprint density at radius 1 is 1.23 bits per heavy atom. The van der Waals surface area contributed by atoms with Crippen molar-refractivity contribution in [1.82, 2.24) is 9.88 Å². The second-order valence-electron chi connectivity index (χ2n) is 8.90. The highest BCUT2D eigenvalue weighted by atomic mass is 19.4. The van der Waals surface area contributed by atoms with Gasteiger partial charge in [-0.15, -0.1) is 0 Å². The van der Waals surface area contributed by atoms with Gasteiger partial charge in [-0.2, -0.15) is 13.2 Å². The maximum atomic E-state index is 12.9. The van der Waals surface area contributed by atoms with Crippen LogP contribution in [0.3, 0.4) is 0 Å². The Bertz CT molecular complexity index is 1080. The third-order valence-corrected chi connectivity index (χ3v) is 7.45. The molecule has 6 rings (SSSR count). The molecule has 1 fully saturated rings. The number of pyridine rings is 1. The average molecular weight is 430 g/mol. The Morgan fingerprint density at radius 3 is 2.81 bits per heavy atom. The van der Waals surface area contributed by atoms with Crippen LogP contribution in [-0.4, -0.2) is 46.8 Å². The van der Waals surface area contributed by atoms with E-state index in [0.29, 0.717) is 11.8 Å². The summed E-state index contributed by atoms with van der Waals surface area (Å²) >= 11 is 0. The molecule has 1 aromatic carbocycles. The fourth-order valence-corrected chi connectivity index (χ4v) is 6.08. The van der Waals surface area contributed by atoms with E-state index in [9.17, 15) is 18.3 Å². The molecule has 1 aromatic heterocycles. The van der Waals surface area contributed by atoms with Crippen molar-refractivity contribution in [2.45, 2.75) is 42.7 Å². The van der Waals surface area contributed by atoms with E-state index < -0.39 is 17.8 Å². The molecule has 2 bridgehead atoms. The first-order valence-electron chi connectivity index (χ1n) is 10.4. The van der Waals surface area contributed by atoms with Crippen LogP contribution < -0.4 is 9.47 Å². The number of phenolic OH excluding ortho intramolecular Hbond substituents is 1. The van der Waals surface area contributed by atoms with Crippen LogP contribution in [0.1, 0.15) is 23.1 Å². The number of halogens is 3. The van der Waals surface area contributed by atoms with Gasteiger partial charge in [-0.1, -0.05) is 12.1 Å². The normalized spacial score (nSPS) is 33.0. The van der Waals surface area contributed by atoms with Gasteiger partial charge in [-0.25, -0.2) is 4.98 Å². The summed E-state index contributed by atoms with van der Waals surface area (Å²) in [6.45, 7) is 0.897. The Hall–Kier alpha value is -2.74. The van der Waals surface area contributed by atoms with E-state index in [1.807, 2.05) is 12.1 Å². The summed E-state index contributed by atoms with van der Waals surface area (Å²) in [5.41, 5.74) is 1.11. The molecule has 0 saturated carbocycles. The molecule has 8 heteroatoms. The minimum Gasteiger partial charge on any atom is -0.504 e. The van der Waals surface area contributed by atoms with Crippen molar-refractivity contribution in [3.8, 4) is 17.4 Å². The molecular weight excluding hydrogens is 409 g/mol. The van der Waals surface area contributed by atoms with Crippen LogP contribution in [0.25, 0.3) is 0 Å². The van der Waals surface area contributed by atoms with Crippen molar-refractivity contribution in [2.75, 3.05) is 13.6 Å². The maximum Gasteiger partial charge on any atom is 0.417 e. The van der Waals surface area contributed by atoms with Crippen LogP contribution in [0.15, 0.2) is 42.6 Å². The van der Waals surface area contributed by atoms with Crippen molar-refractivity contribution in [1.29, 1.82) is 0 Å². The maximum absolute atomic E-state index is 12.9. The third kappa shape index (κ3) is 2.51. The van der Waals surface area contributed by atoms with Crippen molar-refractivity contribution >= 4 is 0 Å². The monoisotopic (exact) mass is 430 g/mol. The van der Waals surface area contributed by atoms with Gasteiger partial charge in [0.05, 0.1) is 5.56 Å². The van der Waals surface area contributed by atoms with Crippen LogP contribution in [-0.2, 0) is 18.0 Å². The molecule has 0 amide bonds. The van der Waals surface area contributed by atoms with Gasteiger partial charge in [-0.05, 0) is 50.2 Å². The summed E-state index contributed by atoms with van der Waals surface area (Å²) in [7, 11) is 2.14. The Morgan fingerprint density at radius 2 is 2.06 bits per heavy atom. The molecule has 5 atom stereocenters. The summed E-state index contributed by atoms with van der Waals surface area (Å²) in [4.78, 5) is 6.25. The van der Waals surface area contributed by atoms with Gasteiger partial charge in [0.1, 0.15) is 6.10 Å². The van der Waals surface area contributed by atoms with Crippen LogP contribution >= 0.6 is 0 Å². The van der Waals surface area contributed by atoms with Gasteiger partial charge < -0.3 is 19.5 Å². The number of benzene rings is 1. The molecule has 2 aliphatic heterocycles. The molecule has 162 valence electrons.